The number of carboxylic acid groups (broad SMARTS) is 1. The zero-order chi connectivity index (χ0) is 8.43. The van der Waals surface area contributed by atoms with E-state index < -0.39 is 17.1 Å². The van der Waals surface area contributed by atoms with Gasteiger partial charge in [0.1, 0.15) is 0 Å². The van der Waals surface area contributed by atoms with Gasteiger partial charge in [-0.2, -0.15) is 0 Å². The summed E-state index contributed by atoms with van der Waals surface area (Å²) in [7, 11) is 0. The molecule has 0 aliphatic carbocycles. The molecule has 0 atom stereocenters. The molecule has 0 aromatic heterocycles. The Morgan fingerprint density at radius 3 is 2.64 bits per heavy atom. The molecule has 1 fully saturated rings. The van der Waals surface area contributed by atoms with E-state index in [4.69, 9.17) is 5.11 Å². The standard InChI is InChI=1S/C5H5NO4S/c7-3-4(8)11-2-1-6(3)5(9)10/h1-2H2,(H,9,10). The minimum atomic E-state index is -1.36. The van der Waals surface area contributed by atoms with Crippen molar-refractivity contribution in [3.63, 3.8) is 0 Å². The first-order valence-electron chi connectivity index (χ1n) is 2.84. The number of thioether (sulfide) groups is 1. The molecule has 0 aromatic carbocycles. The Labute approximate surface area is 66.4 Å². The highest BCUT2D eigenvalue weighted by Gasteiger charge is 2.31. The van der Waals surface area contributed by atoms with Crippen LogP contribution in [0.2, 0.25) is 0 Å². The summed E-state index contributed by atoms with van der Waals surface area (Å²) in [4.78, 5) is 32.1. The van der Waals surface area contributed by atoms with Gasteiger partial charge >= 0.3 is 12.0 Å². The van der Waals surface area contributed by atoms with E-state index in [1.165, 1.54) is 0 Å². The molecule has 0 saturated carbocycles. The highest BCUT2D eigenvalue weighted by molar-refractivity contribution is 8.15. The third kappa shape index (κ3) is 1.51. The molecule has 0 bridgehead atoms. The summed E-state index contributed by atoms with van der Waals surface area (Å²) >= 11 is 0.854. The second kappa shape index (κ2) is 2.91. The third-order valence-electron chi connectivity index (χ3n) is 1.20. The molecular formula is C5H5NO4S. The van der Waals surface area contributed by atoms with Gasteiger partial charge in [0, 0.05) is 12.3 Å². The van der Waals surface area contributed by atoms with Gasteiger partial charge in [0.2, 0.25) is 0 Å². The average Bonchev–Trinajstić information content (AvgIpc) is 1.94. The van der Waals surface area contributed by atoms with Crippen molar-refractivity contribution in [2.24, 2.45) is 0 Å². The van der Waals surface area contributed by atoms with Crippen LogP contribution in [0, 0.1) is 0 Å². The van der Waals surface area contributed by atoms with Gasteiger partial charge in [0.05, 0.1) is 0 Å². The molecule has 1 N–H and O–H groups in total. The van der Waals surface area contributed by atoms with E-state index >= 15 is 0 Å². The predicted molar refractivity (Wildman–Crippen MR) is 37.2 cm³/mol. The van der Waals surface area contributed by atoms with E-state index in [9.17, 15) is 14.4 Å². The number of carbonyl (C=O) groups excluding carboxylic acids is 2. The van der Waals surface area contributed by atoms with Crippen LogP contribution < -0.4 is 0 Å². The van der Waals surface area contributed by atoms with Gasteiger partial charge in [-0.3, -0.25) is 9.59 Å². The van der Waals surface area contributed by atoms with E-state index in [-0.39, 0.29) is 6.54 Å². The highest BCUT2D eigenvalue weighted by atomic mass is 32.2. The largest absolute Gasteiger partial charge is 0.465 e. The number of imide groups is 1. The molecule has 11 heavy (non-hydrogen) atoms. The fourth-order valence-electron chi connectivity index (χ4n) is 0.686. The summed E-state index contributed by atoms with van der Waals surface area (Å²) in [6.45, 7) is 0.102. The van der Waals surface area contributed by atoms with Crippen molar-refractivity contribution in [1.29, 1.82) is 0 Å². The van der Waals surface area contributed by atoms with Gasteiger partial charge in [-0.1, -0.05) is 11.8 Å². The molecule has 1 rings (SSSR count). The summed E-state index contributed by atoms with van der Waals surface area (Å²) < 4.78 is 0. The molecule has 0 aromatic rings. The average molecular weight is 175 g/mol. The van der Waals surface area contributed by atoms with Gasteiger partial charge in [-0.15, -0.1) is 0 Å². The lowest BCUT2D eigenvalue weighted by Crippen LogP contribution is -2.44. The molecule has 1 aliphatic rings. The maximum Gasteiger partial charge on any atom is 0.414 e. The van der Waals surface area contributed by atoms with Crippen LogP contribution in [0.1, 0.15) is 0 Å². The first kappa shape index (κ1) is 8.06. The number of carbonyl (C=O) groups is 3. The number of hydrogen-bond donors (Lipinski definition) is 1. The second-order valence-corrected chi connectivity index (χ2v) is 2.94. The molecule has 6 heteroatoms. The monoisotopic (exact) mass is 175 g/mol. The predicted octanol–water partition coefficient (Wildman–Crippen LogP) is -0.234. The molecule has 60 valence electrons. The van der Waals surface area contributed by atoms with Gasteiger partial charge in [-0.05, 0) is 0 Å². The molecule has 5 nitrogen and oxygen atoms in total. The van der Waals surface area contributed by atoms with Crippen molar-refractivity contribution in [3.05, 3.63) is 0 Å². The van der Waals surface area contributed by atoms with Crippen molar-refractivity contribution in [2.45, 2.75) is 0 Å². The van der Waals surface area contributed by atoms with Crippen molar-refractivity contribution >= 4 is 28.9 Å². The van der Waals surface area contributed by atoms with Crippen LogP contribution in [0.15, 0.2) is 0 Å². The van der Waals surface area contributed by atoms with Crippen molar-refractivity contribution in [3.8, 4) is 0 Å². The molecule has 1 heterocycles. The first-order valence-corrected chi connectivity index (χ1v) is 3.83. The zero-order valence-electron chi connectivity index (χ0n) is 5.44. The van der Waals surface area contributed by atoms with Crippen LogP contribution in [-0.4, -0.2) is 39.4 Å². The molecule has 2 amide bonds. The Morgan fingerprint density at radius 2 is 2.18 bits per heavy atom. The molecule has 0 spiro atoms. The van der Waals surface area contributed by atoms with E-state index in [2.05, 4.69) is 0 Å². The van der Waals surface area contributed by atoms with Crippen LogP contribution in [0.25, 0.3) is 0 Å². The molecule has 0 radical (unpaired) electrons. The number of nitrogens with zero attached hydrogens (tertiary/aromatic N) is 1. The summed E-state index contributed by atoms with van der Waals surface area (Å²) in [5.41, 5.74) is 0. The van der Waals surface area contributed by atoms with Gasteiger partial charge in [0.15, 0.2) is 0 Å². The normalized spacial score (nSPS) is 18.7. The van der Waals surface area contributed by atoms with E-state index in [0.29, 0.717) is 10.7 Å². The Morgan fingerprint density at radius 1 is 1.55 bits per heavy atom. The van der Waals surface area contributed by atoms with Crippen LogP contribution in [-0.2, 0) is 9.59 Å². The lowest BCUT2D eigenvalue weighted by atomic mass is 10.5. The fourth-order valence-corrected chi connectivity index (χ4v) is 1.38. The molecular weight excluding hydrogens is 170 g/mol. The molecule has 0 unspecified atom stereocenters. The molecule has 1 aliphatic heterocycles. The van der Waals surface area contributed by atoms with E-state index in [1.54, 1.807) is 0 Å². The summed E-state index contributed by atoms with van der Waals surface area (Å²) in [6.07, 6.45) is -1.36. The smallest absolute Gasteiger partial charge is 0.414 e. The Balaban J connectivity index is 2.74. The minimum Gasteiger partial charge on any atom is -0.465 e. The summed E-state index contributed by atoms with van der Waals surface area (Å²) in [5.74, 6) is -0.578. The van der Waals surface area contributed by atoms with Crippen LogP contribution in [0.3, 0.4) is 0 Å². The maximum atomic E-state index is 10.7. The maximum absolute atomic E-state index is 10.7. The van der Waals surface area contributed by atoms with Crippen LogP contribution >= 0.6 is 11.8 Å². The topological polar surface area (TPSA) is 74.7 Å². The molecule has 1 saturated heterocycles. The Hall–Kier alpha value is -1.04. The third-order valence-corrected chi connectivity index (χ3v) is 2.02. The van der Waals surface area contributed by atoms with Crippen molar-refractivity contribution in [2.75, 3.05) is 12.3 Å². The van der Waals surface area contributed by atoms with Crippen LogP contribution in [0.4, 0.5) is 4.79 Å². The quantitative estimate of drug-likeness (QED) is 0.514. The number of amides is 2. The Kier molecular flexibility index (Phi) is 2.13. The SMILES string of the molecule is O=C1SCCN(C(=O)O)C1=O. The van der Waals surface area contributed by atoms with Gasteiger partial charge in [-0.25, -0.2) is 9.69 Å². The van der Waals surface area contributed by atoms with Crippen molar-refractivity contribution < 1.29 is 19.5 Å². The fraction of sp³-hybridized carbons (Fsp3) is 0.400. The highest BCUT2D eigenvalue weighted by Crippen LogP contribution is 2.12. The van der Waals surface area contributed by atoms with Crippen LogP contribution in [0.5, 0.6) is 0 Å². The van der Waals surface area contributed by atoms with E-state index in [1.807, 2.05) is 0 Å². The minimum absolute atomic E-state index is 0.102. The zero-order valence-corrected chi connectivity index (χ0v) is 6.26. The van der Waals surface area contributed by atoms with Gasteiger partial charge in [0.25, 0.3) is 5.12 Å². The summed E-state index contributed by atoms with van der Waals surface area (Å²) in [5, 5.41) is 7.67. The number of rotatable bonds is 0. The second-order valence-electron chi connectivity index (χ2n) is 1.88. The summed E-state index contributed by atoms with van der Waals surface area (Å²) in [6, 6.07) is 0. The van der Waals surface area contributed by atoms with Crippen molar-refractivity contribution in [1.82, 2.24) is 4.90 Å². The number of hydrogen-bond acceptors (Lipinski definition) is 4. The van der Waals surface area contributed by atoms with Gasteiger partial charge < -0.3 is 5.11 Å². The first-order chi connectivity index (χ1) is 5.13. The Bertz CT molecular complexity index is 227. The van der Waals surface area contributed by atoms with E-state index in [0.717, 1.165) is 11.8 Å². The lowest BCUT2D eigenvalue weighted by Gasteiger charge is -2.19. The lowest BCUT2D eigenvalue weighted by molar-refractivity contribution is -0.139.